The topological polar surface area (TPSA) is 80.1 Å². The van der Waals surface area contributed by atoms with Crippen LogP contribution in [0.3, 0.4) is 0 Å². The van der Waals surface area contributed by atoms with E-state index in [4.69, 9.17) is 4.98 Å². The second-order valence-corrected chi connectivity index (χ2v) is 10.2. The van der Waals surface area contributed by atoms with Crippen LogP contribution < -0.4 is 15.8 Å². The maximum Gasteiger partial charge on any atom is 0.295 e. The van der Waals surface area contributed by atoms with Gasteiger partial charge in [0.05, 0.1) is 12.5 Å². The quantitative estimate of drug-likeness (QED) is 0.425. The van der Waals surface area contributed by atoms with Gasteiger partial charge in [-0.2, -0.15) is 0 Å². The van der Waals surface area contributed by atoms with Gasteiger partial charge in [-0.25, -0.2) is 9.97 Å². The van der Waals surface area contributed by atoms with Crippen LogP contribution in [0.5, 0.6) is 0 Å². The number of aryl methyl sites for hydroxylation is 4. The molecule has 1 aliphatic rings. The number of anilines is 2. The van der Waals surface area contributed by atoms with E-state index in [9.17, 15) is 9.59 Å². The molecule has 1 N–H and O–H groups in total. The summed E-state index contributed by atoms with van der Waals surface area (Å²) in [6.45, 7) is 9.69. The standard InChI is InChI=1S/C30H33N5O2/c1-19-9-11-23(12-10-19)17-35-27-25(8-5-13-31-27)32-28(30(35)37)34-14-6-7-24(18-34)29(36)33-26-21(3)15-20(2)16-22(26)4/h5,8-13,15-16,24H,6-7,14,17-18H2,1-4H3,(H,33,36)/t24-/m0/s1. The van der Waals surface area contributed by atoms with Gasteiger partial charge in [-0.15, -0.1) is 0 Å². The third-order valence-corrected chi connectivity index (χ3v) is 7.16. The van der Waals surface area contributed by atoms with Crippen molar-refractivity contribution < 1.29 is 4.79 Å². The minimum absolute atomic E-state index is 0.0119. The molecule has 1 saturated heterocycles. The predicted octanol–water partition coefficient (Wildman–Crippen LogP) is 4.93. The number of hydrogen-bond acceptors (Lipinski definition) is 5. The Bertz CT molecular complexity index is 1500. The molecule has 1 fully saturated rings. The molecule has 0 unspecified atom stereocenters. The number of amides is 1. The Morgan fingerprint density at radius 3 is 2.49 bits per heavy atom. The summed E-state index contributed by atoms with van der Waals surface area (Å²) < 4.78 is 1.70. The number of pyridine rings is 1. The van der Waals surface area contributed by atoms with Crippen molar-refractivity contribution in [1.29, 1.82) is 0 Å². The molecular formula is C30H33N5O2. The molecule has 2 aromatic heterocycles. The number of carbonyl (C=O) groups is 1. The van der Waals surface area contributed by atoms with Gasteiger partial charge in [-0.05, 0) is 69.4 Å². The number of hydrogen-bond donors (Lipinski definition) is 1. The summed E-state index contributed by atoms with van der Waals surface area (Å²) >= 11 is 0. The maximum absolute atomic E-state index is 13.8. The second kappa shape index (κ2) is 10.2. The Morgan fingerprint density at radius 2 is 1.76 bits per heavy atom. The zero-order chi connectivity index (χ0) is 26.1. The van der Waals surface area contributed by atoms with Crippen LogP contribution in [0.4, 0.5) is 11.5 Å². The first-order valence-electron chi connectivity index (χ1n) is 12.8. The van der Waals surface area contributed by atoms with Crippen LogP contribution in [0.25, 0.3) is 11.2 Å². The highest BCUT2D eigenvalue weighted by Crippen LogP contribution is 2.26. The Labute approximate surface area is 217 Å². The van der Waals surface area contributed by atoms with Crippen molar-refractivity contribution >= 4 is 28.6 Å². The van der Waals surface area contributed by atoms with Gasteiger partial charge in [-0.1, -0.05) is 47.5 Å². The summed E-state index contributed by atoms with van der Waals surface area (Å²) in [6, 6.07) is 16.0. The van der Waals surface area contributed by atoms with Gasteiger partial charge >= 0.3 is 0 Å². The summed E-state index contributed by atoms with van der Waals surface area (Å²) in [4.78, 5) is 38.3. The molecule has 4 aromatic rings. The molecule has 0 saturated carbocycles. The van der Waals surface area contributed by atoms with Gasteiger partial charge in [0.1, 0.15) is 5.52 Å². The third kappa shape index (κ3) is 5.12. The van der Waals surface area contributed by atoms with Crippen LogP contribution in [0.15, 0.2) is 59.5 Å². The van der Waals surface area contributed by atoms with Gasteiger partial charge in [0.25, 0.3) is 5.56 Å². The van der Waals surface area contributed by atoms with Crippen LogP contribution in [-0.4, -0.2) is 33.5 Å². The Kier molecular flexibility index (Phi) is 6.78. The minimum Gasteiger partial charge on any atom is -0.351 e. The summed E-state index contributed by atoms with van der Waals surface area (Å²) in [5.74, 6) is 0.139. The molecule has 1 aliphatic heterocycles. The molecule has 37 heavy (non-hydrogen) atoms. The van der Waals surface area contributed by atoms with Crippen LogP contribution in [0.2, 0.25) is 0 Å². The van der Waals surface area contributed by atoms with E-state index in [0.29, 0.717) is 36.6 Å². The van der Waals surface area contributed by atoms with E-state index in [-0.39, 0.29) is 17.4 Å². The number of piperidine rings is 1. The fraction of sp³-hybridized carbons (Fsp3) is 0.333. The van der Waals surface area contributed by atoms with Gasteiger partial charge in [0.15, 0.2) is 11.5 Å². The van der Waals surface area contributed by atoms with Crippen LogP contribution in [0, 0.1) is 33.6 Å². The van der Waals surface area contributed by atoms with E-state index in [2.05, 4.69) is 29.4 Å². The van der Waals surface area contributed by atoms with Gasteiger partial charge < -0.3 is 10.2 Å². The summed E-state index contributed by atoms with van der Waals surface area (Å²) in [5.41, 5.74) is 7.41. The largest absolute Gasteiger partial charge is 0.351 e. The lowest BCUT2D eigenvalue weighted by atomic mass is 9.96. The number of fused-ring (bicyclic) bond motifs is 1. The van der Waals surface area contributed by atoms with Gasteiger partial charge in [0.2, 0.25) is 5.91 Å². The lowest BCUT2D eigenvalue weighted by Crippen LogP contribution is -2.44. The van der Waals surface area contributed by atoms with Crippen molar-refractivity contribution in [1.82, 2.24) is 14.5 Å². The van der Waals surface area contributed by atoms with Crippen molar-refractivity contribution in [3.8, 4) is 0 Å². The van der Waals surface area contributed by atoms with Crippen molar-refractivity contribution in [2.75, 3.05) is 23.3 Å². The highest BCUT2D eigenvalue weighted by molar-refractivity contribution is 5.94. The predicted molar refractivity (Wildman–Crippen MR) is 148 cm³/mol. The first kappa shape index (κ1) is 24.7. The molecule has 2 aromatic carbocycles. The average Bonchev–Trinajstić information content (AvgIpc) is 2.88. The second-order valence-electron chi connectivity index (χ2n) is 10.2. The van der Waals surface area contributed by atoms with Crippen molar-refractivity contribution in [3.05, 3.63) is 92.9 Å². The zero-order valence-corrected chi connectivity index (χ0v) is 21.9. The van der Waals surface area contributed by atoms with Crippen LogP contribution >= 0.6 is 0 Å². The highest BCUT2D eigenvalue weighted by atomic mass is 16.2. The average molecular weight is 496 g/mol. The number of benzene rings is 2. The molecule has 0 spiro atoms. The molecule has 3 heterocycles. The van der Waals surface area contributed by atoms with Crippen LogP contribution in [-0.2, 0) is 11.3 Å². The van der Waals surface area contributed by atoms with E-state index in [0.717, 1.165) is 35.2 Å². The number of rotatable bonds is 5. The van der Waals surface area contributed by atoms with E-state index >= 15 is 0 Å². The summed E-state index contributed by atoms with van der Waals surface area (Å²) in [6.07, 6.45) is 3.28. The first-order valence-corrected chi connectivity index (χ1v) is 12.8. The monoisotopic (exact) mass is 495 g/mol. The normalized spacial score (nSPS) is 15.7. The van der Waals surface area contributed by atoms with E-state index in [1.165, 1.54) is 11.1 Å². The molecule has 0 radical (unpaired) electrons. The Hall–Kier alpha value is -4.00. The summed E-state index contributed by atoms with van der Waals surface area (Å²) in [5, 5.41) is 3.16. The molecule has 1 atom stereocenters. The highest BCUT2D eigenvalue weighted by Gasteiger charge is 2.29. The first-order chi connectivity index (χ1) is 17.8. The maximum atomic E-state index is 13.8. The third-order valence-electron chi connectivity index (χ3n) is 7.16. The van der Waals surface area contributed by atoms with Gasteiger partial charge in [-0.3, -0.25) is 14.2 Å². The molecule has 1 amide bonds. The minimum atomic E-state index is -0.231. The van der Waals surface area contributed by atoms with Crippen LogP contribution in [0.1, 0.15) is 40.7 Å². The molecule has 5 rings (SSSR count). The molecule has 0 bridgehead atoms. The van der Waals surface area contributed by atoms with Crippen molar-refractivity contribution in [2.45, 2.75) is 47.1 Å². The van der Waals surface area contributed by atoms with Crippen molar-refractivity contribution in [2.24, 2.45) is 5.92 Å². The lowest BCUT2D eigenvalue weighted by Gasteiger charge is -2.33. The molecule has 190 valence electrons. The fourth-order valence-electron chi connectivity index (χ4n) is 5.28. The number of aromatic nitrogens is 3. The number of nitrogens with zero attached hydrogens (tertiary/aromatic N) is 4. The molecule has 0 aliphatic carbocycles. The Balaban J connectivity index is 1.44. The number of nitrogens with one attached hydrogen (secondary N) is 1. The fourth-order valence-corrected chi connectivity index (χ4v) is 5.28. The smallest absolute Gasteiger partial charge is 0.295 e. The molecule has 7 nitrogen and oxygen atoms in total. The molecule has 7 heteroatoms. The van der Waals surface area contributed by atoms with E-state index < -0.39 is 0 Å². The molecular weight excluding hydrogens is 462 g/mol. The Morgan fingerprint density at radius 1 is 1.03 bits per heavy atom. The lowest BCUT2D eigenvalue weighted by molar-refractivity contribution is -0.120. The van der Waals surface area contributed by atoms with E-state index in [1.807, 2.05) is 62.1 Å². The zero-order valence-electron chi connectivity index (χ0n) is 21.9. The van der Waals surface area contributed by atoms with E-state index in [1.54, 1.807) is 10.8 Å². The van der Waals surface area contributed by atoms with Crippen molar-refractivity contribution in [3.63, 3.8) is 0 Å². The summed E-state index contributed by atoms with van der Waals surface area (Å²) in [7, 11) is 0. The van der Waals surface area contributed by atoms with Gasteiger partial charge in [0, 0.05) is 25.0 Å². The SMILES string of the molecule is Cc1ccc(Cn2c(=O)c(N3CCC[C@H](C(=O)Nc4c(C)cc(C)cc4C)C3)nc3cccnc32)cc1. The number of carbonyl (C=O) groups excluding carboxylic acids is 1.